The molecule has 0 radical (unpaired) electrons. The Bertz CT molecular complexity index is 565. The van der Waals surface area contributed by atoms with Crippen LogP contribution in [0.4, 0.5) is 0 Å². The quantitative estimate of drug-likeness (QED) is 0.912. The number of carboxylic acid groups (broad SMARTS) is 1. The molecular formula is C16H20N2O3. The normalized spacial score (nSPS) is 18.6. The molecule has 0 aliphatic carbocycles. The molecule has 0 atom stereocenters. The largest absolute Gasteiger partial charge is 0.478 e. The first-order chi connectivity index (χ1) is 10.1. The van der Waals surface area contributed by atoms with Crippen molar-refractivity contribution < 1.29 is 14.7 Å². The van der Waals surface area contributed by atoms with Crippen LogP contribution in [0.25, 0.3) is 0 Å². The van der Waals surface area contributed by atoms with Crippen molar-refractivity contribution in [1.82, 2.24) is 9.80 Å². The number of aromatic carboxylic acids is 1. The van der Waals surface area contributed by atoms with Gasteiger partial charge in [0.05, 0.1) is 12.1 Å². The van der Waals surface area contributed by atoms with Crippen molar-refractivity contribution in [2.24, 2.45) is 0 Å². The van der Waals surface area contributed by atoms with Gasteiger partial charge in [-0.05, 0) is 36.5 Å². The number of fused-ring (bicyclic) bond motifs is 1. The van der Waals surface area contributed by atoms with Crippen molar-refractivity contribution in [3.63, 3.8) is 0 Å². The van der Waals surface area contributed by atoms with Gasteiger partial charge in [-0.15, -0.1) is 0 Å². The van der Waals surface area contributed by atoms with Gasteiger partial charge in [-0.2, -0.15) is 0 Å². The first-order valence-corrected chi connectivity index (χ1v) is 7.49. The van der Waals surface area contributed by atoms with E-state index in [2.05, 4.69) is 4.90 Å². The van der Waals surface area contributed by atoms with Gasteiger partial charge in [0, 0.05) is 26.2 Å². The Hall–Kier alpha value is -1.88. The van der Waals surface area contributed by atoms with Crippen molar-refractivity contribution in [2.45, 2.75) is 25.8 Å². The van der Waals surface area contributed by atoms with Gasteiger partial charge < -0.3 is 10.0 Å². The van der Waals surface area contributed by atoms with Crippen LogP contribution in [0.1, 0.15) is 34.3 Å². The van der Waals surface area contributed by atoms with E-state index in [1.54, 1.807) is 12.1 Å². The summed E-state index contributed by atoms with van der Waals surface area (Å²) in [5.74, 6) is -0.668. The SMILES string of the molecule is O=C(O)c1cccc2c1CCN(CC(=O)N1CCCC1)C2. The first-order valence-electron chi connectivity index (χ1n) is 7.49. The number of likely N-dealkylation sites (tertiary alicyclic amines) is 1. The minimum atomic E-state index is -0.867. The van der Waals surface area contributed by atoms with Gasteiger partial charge in [0.1, 0.15) is 0 Å². The predicted molar refractivity (Wildman–Crippen MR) is 78.2 cm³/mol. The Morgan fingerprint density at radius 1 is 1.14 bits per heavy atom. The Kier molecular flexibility index (Phi) is 3.92. The standard InChI is InChI=1S/C16H20N2O3/c19-15(18-7-1-2-8-18)11-17-9-6-13-12(10-17)4-3-5-14(13)16(20)21/h3-5H,1-2,6-11H2,(H,20,21). The molecule has 1 amide bonds. The number of carboxylic acids is 1. The molecule has 21 heavy (non-hydrogen) atoms. The van der Waals surface area contributed by atoms with Crippen LogP contribution in [0, 0.1) is 0 Å². The Balaban J connectivity index is 1.68. The molecule has 1 saturated heterocycles. The number of carbonyl (C=O) groups is 2. The van der Waals surface area contributed by atoms with Crippen molar-refractivity contribution >= 4 is 11.9 Å². The summed E-state index contributed by atoms with van der Waals surface area (Å²) in [5.41, 5.74) is 2.36. The molecule has 5 heteroatoms. The van der Waals surface area contributed by atoms with E-state index in [1.807, 2.05) is 11.0 Å². The molecule has 0 aromatic heterocycles. The molecule has 112 valence electrons. The molecular weight excluding hydrogens is 268 g/mol. The third-order valence-corrected chi connectivity index (χ3v) is 4.39. The third kappa shape index (κ3) is 2.93. The van der Waals surface area contributed by atoms with E-state index >= 15 is 0 Å². The van der Waals surface area contributed by atoms with E-state index in [0.717, 1.165) is 43.6 Å². The molecule has 2 heterocycles. The summed E-state index contributed by atoms with van der Waals surface area (Å²) < 4.78 is 0. The Labute approximate surface area is 124 Å². The lowest BCUT2D eigenvalue weighted by molar-refractivity contribution is -0.131. The Morgan fingerprint density at radius 3 is 2.62 bits per heavy atom. The van der Waals surface area contributed by atoms with Gasteiger partial charge in [-0.3, -0.25) is 9.69 Å². The minimum absolute atomic E-state index is 0.199. The lowest BCUT2D eigenvalue weighted by Crippen LogP contribution is -2.41. The fraction of sp³-hybridized carbons (Fsp3) is 0.500. The average molecular weight is 288 g/mol. The second-order valence-electron chi connectivity index (χ2n) is 5.80. The van der Waals surface area contributed by atoms with Crippen LogP contribution in [0.3, 0.4) is 0 Å². The molecule has 1 aromatic rings. The monoisotopic (exact) mass is 288 g/mol. The summed E-state index contributed by atoms with van der Waals surface area (Å²) in [7, 11) is 0. The van der Waals surface area contributed by atoms with Gasteiger partial charge >= 0.3 is 5.97 Å². The maximum Gasteiger partial charge on any atom is 0.335 e. The summed E-state index contributed by atoms with van der Waals surface area (Å²) >= 11 is 0. The average Bonchev–Trinajstić information content (AvgIpc) is 3.00. The number of rotatable bonds is 3. The van der Waals surface area contributed by atoms with Gasteiger partial charge in [0.2, 0.25) is 5.91 Å². The smallest absolute Gasteiger partial charge is 0.335 e. The van der Waals surface area contributed by atoms with Crippen LogP contribution < -0.4 is 0 Å². The molecule has 1 N–H and O–H groups in total. The fourth-order valence-electron chi connectivity index (χ4n) is 3.26. The second kappa shape index (κ2) is 5.85. The summed E-state index contributed by atoms with van der Waals surface area (Å²) in [6.07, 6.45) is 2.91. The van der Waals surface area contributed by atoms with Gasteiger partial charge in [-0.1, -0.05) is 12.1 Å². The zero-order valence-corrected chi connectivity index (χ0v) is 12.0. The summed E-state index contributed by atoms with van der Waals surface area (Å²) in [6.45, 7) is 3.61. The van der Waals surface area contributed by atoms with E-state index in [0.29, 0.717) is 25.1 Å². The molecule has 0 bridgehead atoms. The minimum Gasteiger partial charge on any atom is -0.478 e. The molecule has 1 aromatic carbocycles. The summed E-state index contributed by atoms with van der Waals surface area (Å²) in [4.78, 5) is 27.5. The van der Waals surface area contributed by atoms with Crippen molar-refractivity contribution in [3.8, 4) is 0 Å². The van der Waals surface area contributed by atoms with Crippen molar-refractivity contribution in [2.75, 3.05) is 26.2 Å². The maximum atomic E-state index is 12.2. The van der Waals surface area contributed by atoms with Crippen LogP contribution in [0.15, 0.2) is 18.2 Å². The number of hydrogen-bond acceptors (Lipinski definition) is 3. The number of carbonyl (C=O) groups excluding carboxylic acids is 1. The highest BCUT2D eigenvalue weighted by atomic mass is 16.4. The first kappa shape index (κ1) is 14.1. The van der Waals surface area contributed by atoms with Crippen molar-refractivity contribution in [1.29, 1.82) is 0 Å². The zero-order valence-electron chi connectivity index (χ0n) is 12.0. The molecule has 3 rings (SSSR count). The topological polar surface area (TPSA) is 60.9 Å². The maximum absolute atomic E-state index is 12.2. The molecule has 2 aliphatic rings. The second-order valence-corrected chi connectivity index (χ2v) is 5.80. The van der Waals surface area contributed by atoms with Crippen LogP contribution in [-0.4, -0.2) is 53.0 Å². The zero-order chi connectivity index (χ0) is 14.8. The number of hydrogen-bond donors (Lipinski definition) is 1. The highest BCUT2D eigenvalue weighted by Gasteiger charge is 2.25. The number of benzene rings is 1. The number of nitrogens with zero attached hydrogens (tertiary/aromatic N) is 2. The molecule has 0 spiro atoms. The van der Waals surface area contributed by atoms with E-state index in [1.165, 1.54) is 0 Å². The molecule has 0 unspecified atom stereocenters. The van der Waals surface area contributed by atoms with Gasteiger partial charge in [0.25, 0.3) is 0 Å². The van der Waals surface area contributed by atoms with Gasteiger partial charge in [0.15, 0.2) is 0 Å². The predicted octanol–water partition coefficient (Wildman–Crippen LogP) is 1.37. The van der Waals surface area contributed by atoms with E-state index in [4.69, 9.17) is 0 Å². The lowest BCUT2D eigenvalue weighted by atomic mass is 9.94. The lowest BCUT2D eigenvalue weighted by Gasteiger charge is -2.30. The van der Waals surface area contributed by atoms with Gasteiger partial charge in [-0.25, -0.2) is 4.79 Å². The van der Waals surface area contributed by atoms with Crippen LogP contribution in [-0.2, 0) is 17.8 Å². The van der Waals surface area contributed by atoms with Crippen LogP contribution in [0.5, 0.6) is 0 Å². The summed E-state index contributed by atoms with van der Waals surface area (Å²) in [5, 5.41) is 9.22. The molecule has 0 saturated carbocycles. The Morgan fingerprint density at radius 2 is 1.90 bits per heavy atom. The summed E-state index contributed by atoms with van der Waals surface area (Å²) in [6, 6.07) is 5.41. The van der Waals surface area contributed by atoms with E-state index in [9.17, 15) is 14.7 Å². The van der Waals surface area contributed by atoms with Crippen LogP contribution >= 0.6 is 0 Å². The third-order valence-electron chi connectivity index (χ3n) is 4.39. The molecule has 2 aliphatic heterocycles. The highest BCUT2D eigenvalue weighted by Crippen LogP contribution is 2.23. The van der Waals surface area contributed by atoms with Crippen molar-refractivity contribution in [3.05, 3.63) is 34.9 Å². The van der Waals surface area contributed by atoms with E-state index < -0.39 is 5.97 Å². The molecule has 1 fully saturated rings. The number of amides is 1. The fourth-order valence-corrected chi connectivity index (χ4v) is 3.26. The highest BCUT2D eigenvalue weighted by molar-refractivity contribution is 5.90. The van der Waals surface area contributed by atoms with E-state index in [-0.39, 0.29) is 5.91 Å². The molecule has 5 nitrogen and oxygen atoms in total. The van der Waals surface area contributed by atoms with Crippen LogP contribution in [0.2, 0.25) is 0 Å².